The normalized spacial score (nSPS) is 26.1. The molecule has 1 aromatic heterocycles. The van der Waals surface area contributed by atoms with E-state index >= 15 is 0 Å². The van der Waals surface area contributed by atoms with Gasteiger partial charge < -0.3 is 5.32 Å². The number of anilines is 2. The minimum absolute atomic E-state index is 0.203. The lowest BCUT2D eigenvalue weighted by atomic mass is 9.92. The highest BCUT2D eigenvalue weighted by atomic mass is 35.5. The van der Waals surface area contributed by atoms with Crippen molar-refractivity contribution in [2.45, 2.75) is 44.3 Å². The van der Waals surface area contributed by atoms with Crippen LogP contribution in [0.1, 0.15) is 32.1 Å². The average molecular weight is 312 g/mol. The number of rotatable bonds is 1. The number of carbonyl (C=O) groups is 2. The molecule has 1 saturated carbocycles. The number of nitrogens with one attached hydrogen (secondary N) is 1. The Morgan fingerprint density at radius 1 is 1.29 bits per heavy atom. The molecule has 21 heavy (non-hydrogen) atoms. The van der Waals surface area contributed by atoms with Crippen LogP contribution in [-0.4, -0.2) is 29.0 Å². The van der Waals surface area contributed by atoms with Crippen LogP contribution in [0.15, 0.2) is 12.1 Å². The van der Waals surface area contributed by atoms with Gasteiger partial charge in [0.15, 0.2) is 5.82 Å². The Morgan fingerprint density at radius 3 is 2.81 bits per heavy atom. The Kier molecular flexibility index (Phi) is 3.80. The number of amides is 2. The van der Waals surface area contributed by atoms with Crippen molar-refractivity contribution in [2.24, 2.45) is 0 Å². The molecular formula is C14H15ClFN3O2. The van der Waals surface area contributed by atoms with Gasteiger partial charge in [0, 0.05) is 0 Å². The SMILES string of the molecule is O=C1CC(=O)N(C2CCCCC2F)c2nc(Cl)ccc2N1. The third-order valence-electron chi connectivity index (χ3n) is 3.90. The van der Waals surface area contributed by atoms with E-state index in [2.05, 4.69) is 10.3 Å². The molecule has 0 bridgehead atoms. The number of pyridine rings is 1. The van der Waals surface area contributed by atoms with Gasteiger partial charge in [0.25, 0.3) is 0 Å². The first-order valence-corrected chi connectivity index (χ1v) is 7.36. The summed E-state index contributed by atoms with van der Waals surface area (Å²) < 4.78 is 14.3. The summed E-state index contributed by atoms with van der Waals surface area (Å²) in [5.41, 5.74) is 0.396. The zero-order valence-corrected chi connectivity index (χ0v) is 12.1. The maximum atomic E-state index is 14.3. The summed E-state index contributed by atoms with van der Waals surface area (Å²) in [5, 5.41) is 2.82. The molecule has 0 aromatic carbocycles. The molecule has 1 N–H and O–H groups in total. The minimum Gasteiger partial charge on any atom is -0.323 e. The highest BCUT2D eigenvalue weighted by Gasteiger charge is 2.38. The van der Waals surface area contributed by atoms with Gasteiger partial charge in [-0.25, -0.2) is 9.37 Å². The van der Waals surface area contributed by atoms with Crippen molar-refractivity contribution < 1.29 is 14.0 Å². The first-order chi connectivity index (χ1) is 10.1. The van der Waals surface area contributed by atoms with E-state index in [4.69, 9.17) is 11.6 Å². The highest BCUT2D eigenvalue weighted by molar-refractivity contribution is 6.29. The van der Waals surface area contributed by atoms with Gasteiger partial charge in [-0.2, -0.15) is 0 Å². The van der Waals surface area contributed by atoms with Gasteiger partial charge in [0.05, 0.1) is 11.7 Å². The molecule has 7 heteroatoms. The number of alkyl halides is 1. The summed E-state index contributed by atoms with van der Waals surface area (Å²) in [6.07, 6.45) is 1.24. The molecule has 2 aliphatic rings. The van der Waals surface area contributed by atoms with E-state index in [0.29, 0.717) is 18.5 Å². The summed E-state index contributed by atoms with van der Waals surface area (Å²) in [4.78, 5) is 29.6. The second-order valence-electron chi connectivity index (χ2n) is 5.36. The zero-order valence-electron chi connectivity index (χ0n) is 11.3. The Hall–Kier alpha value is -1.69. The summed E-state index contributed by atoms with van der Waals surface area (Å²) in [6.45, 7) is 0. The monoisotopic (exact) mass is 311 g/mol. The van der Waals surface area contributed by atoms with E-state index in [9.17, 15) is 14.0 Å². The average Bonchev–Trinajstić information content (AvgIpc) is 2.55. The van der Waals surface area contributed by atoms with Crippen molar-refractivity contribution in [3.8, 4) is 0 Å². The lowest BCUT2D eigenvalue weighted by molar-refractivity contribution is -0.125. The van der Waals surface area contributed by atoms with Gasteiger partial charge in [-0.05, 0) is 25.0 Å². The Labute approximate surface area is 126 Å². The number of hydrogen-bond acceptors (Lipinski definition) is 3. The van der Waals surface area contributed by atoms with Gasteiger partial charge >= 0.3 is 0 Å². The fraction of sp³-hybridized carbons (Fsp3) is 0.500. The predicted octanol–water partition coefficient (Wildman–Crippen LogP) is 2.69. The number of hydrogen-bond donors (Lipinski definition) is 1. The Bertz CT molecular complexity index is 596. The Morgan fingerprint density at radius 2 is 2.05 bits per heavy atom. The van der Waals surface area contributed by atoms with Gasteiger partial charge in [-0.3, -0.25) is 14.5 Å². The van der Waals surface area contributed by atoms with E-state index in [1.165, 1.54) is 11.0 Å². The molecule has 2 heterocycles. The van der Waals surface area contributed by atoms with Crippen molar-refractivity contribution in [3.63, 3.8) is 0 Å². The lowest BCUT2D eigenvalue weighted by Crippen LogP contribution is -2.47. The number of halogens is 2. The topological polar surface area (TPSA) is 62.3 Å². The second kappa shape index (κ2) is 5.60. The maximum Gasteiger partial charge on any atom is 0.238 e. The van der Waals surface area contributed by atoms with Crippen LogP contribution in [0.3, 0.4) is 0 Å². The van der Waals surface area contributed by atoms with Gasteiger partial charge in [0.2, 0.25) is 11.8 Å². The molecule has 112 valence electrons. The summed E-state index contributed by atoms with van der Waals surface area (Å²) >= 11 is 5.90. The predicted molar refractivity (Wildman–Crippen MR) is 77.1 cm³/mol. The standard InChI is InChI=1S/C14H15ClFN3O2/c15-11-6-5-9-14(18-11)19(13(21)7-12(20)17-9)10-4-2-1-3-8(10)16/h5-6,8,10H,1-4,7H2,(H,17,20). The van der Waals surface area contributed by atoms with Crippen LogP contribution in [0, 0.1) is 0 Å². The number of fused-ring (bicyclic) bond motifs is 1. The molecule has 2 amide bonds. The Balaban J connectivity index is 2.06. The van der Waals surface area contributed by atoms with Gasteiger partial charge in [-0.1, -0.05) is 24.4 Å². The summed E-state index contributed by atoms with van der Waals surface area (Å²) in [7, 11) is 0. The van der Waals surface area contributed by atoms with Crippen molar-refractivity contribution in [1.29, 1.82) is 0 Å². The molecule has 1 aliphatic carbocycles. The van der Waals surface area contributed by atoms with E-state index < -0.39 is 24.0 Å². The first kappa shape index (κ1) is 14.3. The van der Waals surface area contributed by atoms with Crippen molar-refractivity contribution in [2.75, 3.05) is 10.2 Å². The maximum absolute atomic E-state index is 14.3. The van der Waals surface area contributed by atoms with Gasteiger partial charge in [0.1, 0.15) is 17.7 Å². The molecule has 1 aromatic rings. The highest BCUT2D eigenvalue weighted by Crippen LogP contribution is 2.35. The van der Waals surface area contributed by atoms with Crippen molar-refractivity contribution in [1.82, 2.24) is 4.98 Å². The van der Waals surface area contributed by atoms with E-state index in [0.717, 1.165) is 12.8 Å². The van der Waals surface area contributed by atoms with Crippen LogP contribution in [0.25, 0.3) is 0 Å². The second-order valence-corrected chi connectivity index (χ2v) is 5.75. The molecule has 5 nitrogen and oxygen atoms in total. The molecule has 0 radical (unpaired) electrons. The third kappa shape index (κ3) is 2.72. The largest absolute Gasteiger partial charge is 0.323 e. The number of nitrogens with zero attached hydrogens (tertiary/aromatic N) is 2. The molecule has 1 fully saturated rings. The fourth-order valence-corrected chi connectivity index (χ4v) is 3.08. The lowest BCUT2D eigenvalue weighted by Gasteiger charge is -2.35. The van der Waals surface area contributed by atoms with Crippen LogP contribution in [0.4, 0.5) is 15.9 Å². The first-order valence-electron chi connectivity index (χ1n) is 6.99. The quantitative estimate of drug-likeness (QED) is 0.640. The van der Waals surface area contributed by atoms with E-state index in [1.54, 1.807) is 6.07 Å². The van der Waals surface area contributed by atoms with Gasteiger partial charge in [-0.15, -0.1) is 0 Å². The van der Waals surface area contributed by atoms with Crippen LogP contribution in [-0.2, 0) is 9.59 Å². The molecule has 0 spiro atoms. The smallest absolute Gasteiger partial charge is 0.238 e. The van der Waals surface area contributed by atoms with E-state index in [-0.39, 0.29) is 17.4 Å². The summed E-state index contributed by atoms with van der Waals surface area (Å²) in [6, 6.07) is 2.54. The van der Waals surface area contributed by atoms with Crippen LogP contribution in [0.2, 0.25) is 5.15 Å². The molecule has 3 rings (SSSR count). The zero-order chi connectivity index (χ0) is 15.0. The fourth-order valence-electron chi connectivity index (χ4n) is 2.94. The van der Waals surface area contributed by atoms with Crippen LogP contribution in [0.5, 0.6) is 0 Å². The number of aromatic nitrogens is 1. The molecule has 0 saturated heterocycles. The summed E-state index contributed by atoms with van der Waals surface area (Å²) in [5.74, 6) is -0.609. The molecule has 1 aliphatic heterocycles. The molecule has 2 atom stereocenters. The molecular weight excluding hydrogens is 297 g/mol. The van der Waals surface area contributed by atoms with Crippen molar-refractivity contribution >= 4 is 34.9 Å². The minimum atomic E-state index is -1.11. The van der Waals surface area contributed by atoms with Crippen LogP contribution >= 0.6 is 11.6 Å². The number of carbonyl (C=O) groups excluding carboxylic acids is 2. The third-order valence-corrected chi connectivity index (χ3v) is 4.11. The molecule has 2 unspecified atom stereocenters. The van der Waals surface area contributed by atoms with Crippen LogP contribution < -0.4 is 10.2 Å². The van der Waals surface area contributed by atoms with Crippen molar-refractivity contribution in [3.05, 3.63) is 17.3 Å². The van der Waals surface area contributed by atoms with E-state index in [1.807, 2.05) is 0 Å².